The number of likely N-dealkylation sites (N-methyl/N-ethyl adjacent to an activating group) is 1. The Bertz CT molecular complexity index is 1070. The van der Waals surface area contributed by atoms with Gasteiger partial charge in [-0.3, -0.25) is 14.4 Å². The molecule has 1 atom stereocenters. The van der Waals surface area contributed by atoms with Gasteiger partial charge in [0.15, 0.2) is 0 Å². The molecule has 28 heavy (non-hydrogen) atoms. The molecule has 0 saturated carbocycles. The molecule has 2 amide bonds. The van der Waals surface area contributed by atoms with Gasteiger partial charge < -0.3 is 15.2 Å². The summed E-state index contributed by atoms with van der Waals surface area (Å²) in [6, 6.07) is 15.2. The Morgan fingerprint density at radius 3 is 2.46 bits per heavy atom. The third kappa shape index (κ3) is 3.96. The number of amides is 2. The van der Waals surface area contributed by atoms with Crippen LogP contribution >= 0.6 is 0 Å². The second-order valence-corrected chi connectivity index (χ2v) is 6.72. The normalized spacial score (nSPS) is 11.8. The molecule has 0 radical (unpaired) electrons. The first-order chi connectivity index (χ1) is 13.4. The first-order valence-electron chi connectivity index (χ1n) is 9.21. The van der Waals surface area contributed by atoms with Crippen LogP contribution in [0.15, 0.2) is 59.4 Å². The summed E-state index contributed by atoms with van der Waals surface area (Å²) in [5.41, 5.74) is 2.29. The van der Waals surface area contributed by atoms with Gasteiger partial charge in [0.05, 0.1) is 5.56 Å². The number of aromatic amines is 1. The molecule has 3 rings (SSSR count). The third-order valence-corrected chi connectivity index (χ3v) is 4.75. The SMILES string of the molecule is CCN(C(=O)c1cc(=O)[nH]c2ccccc12)[C@H](C)C(=O)Nc1ccc(C)cc1. The predicted octanol–water partition coefficient (Wildman–Crippen LogP) is 3.33. The summed E-state index contributed by atoms with van der Waals surface area (Å²) >= 11 is 0. The lowest BCUT2D eigenvalue weighted by molar-refractivity contribution is -0.120. The van der Waals surface area contributed by atoms with E-state index in [1.165, 1.54) is 11.0 Å². The number of rotatable bonds is 5. The Balaban J connectivity index is 1.88. The van der Waals surface area contributed by atoms with Crippen LogP contribution in [0.5, 0.6) is 0 Å². The van der Waals surface area contributed by atoms with Crippen LogP contribution in [0.4, 0.5) is 5.69 Å². The Hall–Kier alpha value is -3.41. The molecule has 0 unspecified atom stereocenters. The van der Waals surface area contributed by atoms with Crippen molar-refractivity contribution in [3.8, 4) is 0 Å². The van der Waals surface area contributed by atoms with E-state index in [0.29, 0.717) is 23.1 Å². The van der Waals surface area contributed by atoms with Crippen LogP contribution in [0.25, 0.3) is 10.9 Å². The monoisotopic (exact) mass is 377 g/mol. The minimum absolute atomic E-state index is 0.284. The summed E-state index contributed by atoms with van der Waals surface area (Å²) < 4.78 is 0. The standard InChI is InChI=1S/C22H23N3O3/c1-4-25(15(3)21(27)23-16-11-9-14(2)10-12-16)22(28)18-13-20(26)24-19-8-6-5-7-17(18)19/h5-13,15H,4H2,1-3H3,(H,23,27)(H,24,26)/t15-/m1/s1. The number of carbonyl (C=O) groups is 2. The average molecular weight is 377 g/mol. The number of hydrogen-bond acceptors (Lipinski definition) is 3. The minimum Gasteiger partial charge on any atom is -0.327 e. The maximum atomic E-state index is 13.2. The first-order valence-corrected chi connectivity index (χ1v) is 9.21. The summed E-state index contributed by atoms with van der Waals surface area (Å²) in [4.78, 5) is 42.0. The fraction of sp³-hybridized carbons (Fsp3) is 0.227. The highest BCUT2D eigenvalue weighted by atomic mass is 16.2. The molecule has 0 saturated heterocycles. The lowest BCUT2D eigenvalue weighted by Crippen LogP contribution is -2.45. The number of aromatic nitrogens is 1. The van der Waals surface area contributed by atoms with Crippen LogP contribution in [-0.4, -0.2) is 34.3 Å². The van der Waals surface area contributed by atoms with Gasteiger partial charge in [-0.15, -0.1) is 0 Å². The zero-order valence-electron chi connectivity index (χ0n) is 16.2. The van der Waals surface area contributed by atoms with E-state index in [9.17, 15) is 14.4 Å². The van der Waals surface area contributed by atoms with Crippen molar-refractivity contribution in [3.05, 3.63) is 76.1 Å². The van der Waals surface area contributed by atoms with Gasteiger partial charge in [0.1, 0.15) is 6.04 Å². The molecule has 144 valence electrons. The number of nitrogens with one attached hydrogen (secondary N) is 2. The topological polar surface area (TPSA) is 82.3 Å². The number of H-pyrrole nitrogens is 1. The van der Waals surface area contributed by atoms with Gasteiger partial charge >= 0.3 is 0 Å². The fourth-order valence-corrected chi connectivity index (χ4v) is 3.15. The maximum absolute atomic E-state index is 13.2. The second-order valence-electron chi connectivity index (χ2n) is 6.72. The minimum atomic E-state index is -0.697. The van der Waals surface area contributed by atoms with E-state index >= 15 is 0 Å². The van der Waals surface area contributed by atoms with Crippen molar-refractivity contribution in [3.63, 3.8) is 0 Å². The molecule has 0 spiro atoms. The summed E-state index contributed by atoms with van der Waals surface area (Å²) in [5.74, 6) is -0.635. The van der Waals surface area contributed by atoms with Gasteiger partial charge in [-0.2, -0.15) is 0 Å². The van der Waals surface area contributed by atoms with E-state index in [-0.39, 0.29) is 22.9 Å². The van der Waals surface area contributed by atoms with Crippen LogP contribution < -0.4 is 10.9 Å². The van der Waals surface area contributed by atoms with Gasteiger partial charge in [0.25, 0.3) is 5.91 Å². The molecular weight excluding hydrogens is 354 g/mol. The van der Waals surface area contributed by atoms with E-state index < -0.39 is 6.04 Å². The van der Waals surface area contributed by atoms with Crippen molar-refractivity contribution in [1.29, 1.82) is 0 Å². The van der Waals surface area contributed by atoms with Crippen molar-refractivity contribution in [2.24, 2.45) is 0 Å². The van der Waals surface area contributed by atoms with Gasteiger partial charge in [0, 0.05) is 29.2 Å². The van der Waals surface area contributed by atoms with Gasteiger partial charge in [0.2, 0.25) is 11.5 Å². The quantitative estimate of drug-likeness (QED) is 0.715. The average Bonchev–Trinajstić information content (AvgIpc) is 2.69. The summed E-state index contributed by atoms with van der Waals surface area (Å²) in [6.07, 6.45) is 0. The molecule has 0 aliphatic rings. The number of nitrogens with zero attached hydrogens (tertiary/aromatic N) is 1. The summed E-state index contributed by atoms with van der Waals surface area (Å²) in [6.45, 7) is 5.79. The number of hydrogen-bond donors (Lipinski definition) is 2. The molecule has 0 bridgehead atoms. The predicted molar refractivity (Wildman–Crippen MR) is 111 cm³/mol. The highest BCUT2D eigenvalue weighted by Crippen LogP contribution is 2.18. The Morgan fingerprint density at radius 2 is 1.79 bits per heavy atom. The van der Waals surface area contributed by atoms with Crippen LogP contribution in [-0.2, 0) is 4.79 Å². The molecule has 1 aromatic heterocycles. The number of para-hydroxylation sites is 1. The molecule has 6 heteroatoms. The van der Waals surface area contributed by atoms with Crippen molar-refractivity contribution < 1.29 is 9.59 Å². The first kappa shape index (κ1) is 19.4. The Labute approximate surface area is 163 Å². The maximum Gasteiger partial charge on any atom is 0.255 e. The number of carbonyl (C=O) groups excluding carboxylic acids is 2. The Kier molecular flexibility index (Phi) is 5.59. The van der Waals surface area contributed by atoms with E-state index in [1.807, 2.05) is 38.1 Å². The van der Waals surface area contributed by atoms with Crippen molar-refractivity contribution in [1.82, 2.24) is 9.88 Å². The summed E-state index contributed by atoms with van der Waals surface area (Å²) in [7, 11) is 0. The summed E-state index contributed by atoms with van der Waals surface area (Å²) in [5, 5.41) is 3.49. The molecule has 0 aliphatic carbocycles. The highest BCUT2D eigenvalue weighted by molar-refractivity contribution is 6.08. The smallest absolute Gasteiger partial charge is 0.255 e. The molecular formula is C22H23N3O3. The number of anilines is 1. The number of fused-ring (bicyclic) bond motifs is 1. The van der Waals surface area contributed by atoms with Crippen LogP contribution in [0.3, 0.4) is 0 Å². The Morgan fingerprint density at radius 1 is 1.11 bits per heavy atom. The zero-order valence-corrected chi connectivity index (χ0v) is 16.2. The van der Waals surface area contributed by atoms with Gasteiger partial charge in [-0.1, -0.05) is 35.9 Å². The van der Waals surface area contributed by atoms with E-state index in [4.69, 9.17) is 0 Å². The largest absolute Gasteiger partial charge is 0.327 e. The highest BCUT2D eigenvalue weighted by Gasteiger charge is 2.27. The second kappa shape index (κ2) is 8.08. The molecule has 2 aromatic carbocycles. The van der Waals surface area contributed by atoms with E-state index in [1.54, 1.807) is 31.2 Å². The molecule has 2 N–H and O–H groups in total. The third-order valence-electron chi connectivity index (χ3n) is 4.75. The van der Waals surface area contributed by atoms with Crippen molar-refractivity contribution >= 4 is 28.4 Å². The number of benzene rings is 2. The number of aryl methyl sites for hydroxylation is 1. The van der Waals surface area contributed by atoms with Crippen LogP contribution in [0.1, 0.15) is 29.8 Å². The molecule has 0 aliphatic heterocycles. The lowest BCUT2D eigenvalue weighted by atomic mass is 10.1. The molecule has 1 heterocycles. The van der Waals surface area contributed by atoms with Crippen LogP contribution in [0.2, 0.25) is 0 Å². The van der Waals surface area contributed by atoms with Crippen molar-refractivity contribution in [2.75, 3.05) is 11.9 Å². The van der Waals surface area contributed by atoms with Gasteiger partial charge in [-0.25, -0.2) is 0 Å². The van der Waals surface area contributed by atoms with E-state index in [2.05, 4.69) is 10.3 Å². The zero-order chi connectivity index (χ0) is 20.3. The van der Waals surface area contributed by atoms with Gasteiger partial charge in [-0.05, 0) is 39.0 Å². The number of pyridine rings is 1. The van der Waals surface area contributed by atoms with E-state index in [0.717, 1.165) is 5.56 Å². The molecule has 6 nitrogen and oxygen atoms in total. The van der Waals surface area contributed by atoms with Crippen LogP contribution in [0, 0.1) is 6.92 Å². The molecule has 3 aromatic rings. The molecule has 0 fully saturated rings. The van der Waals surface area contributed by atoms with Crippen molar-refractivity contribution in [2.45, 2.75) is 26.8 Å². The fourth-order valence-electron chi connectivity index (χ4n) is 3.15. The lowest BCUT2D eigenvalue weighted by Gasteiger charge is -2.27.